The van der Waals surface area contributed by atoms with Gasteiger partial charge in [-0.1, -0.05) is 6.07 Å². The van der Waals surface area contributed by atoms with Crippen LogP contribution in [0, 0.1) is 5.82 Å². The summed E-state index contributed by atoms with van der Waals surface area (Å²) in [6, 6.07) is 15.4. The lowest BCUT2D eigenvalue weighted by atomic mass is 10.0. The molecule has 0 aromatic heterocycles. The van der Waals surface area contributed by atoms with E-state index < -0.39 is 25.9 Å². The van der Waals surface area contributed by atoms with Crippen molar-refractivity contribution in [2.24, 2.45) is 0 Å². The molecule has 7 nitrogen and oxygen atoms in total. The number of fused-ring (bicyclic) bond motifs is 1. The van der Waals surface area contributed by atoms with E-state index in [1.165, 1.54) is 41.7 Å². The number of anilines is 2. The van der Waals surface area contributed by atoms with Crippen LogP contribution in [-0.4, -0.2) is 30.5 Å². The van der Waals surface area contributed by atoms with Crippen LogP contribution in [0.25, 0.3) is 0 Å². The normalized spacial score (nSPS) is 14.0. The van der Waals surface area contributed by atoms with Crippen molar-refractivity contribution in [1.29, 1.82) is 0 Å². The van der Waals surface area contributed by atoms with E-state index in [2.05, 4.69) is 4.72 Å². The highest BCUT2D eigenvalue weighted by atomic mass is 32.2. The molecule has 0 spiro atoms. The number of aryl methyl sites for hydroxylation is 1. The lowest BCUT2D eigenvalue weighted by Gasteiger charge is -2.31. The van der Waals surface area contributed by atoms with Crippen molar-refractivity contribution in [3.05, 3.63) is 78.1 Å². The Kier molecular flexibility index (Phi) is 5.83. The lowest BCUT2D eigenvalue weighted by Crippen LogP contribution is -2.35. The van der Waals surface area contributed by atoms with Crippen LogP contribution >= 0.6 is 0 Å². The summed E-state index contributed by atoms with van der Waals surface area (Å²) in [6.45, 7) is 0.237. The molecule has 1 N–H and O–H groups in total. The van der Waals surface area contributed by atoms with Crippen molar-refractivity contribution in [3.63, 3.8) is 0 Å². The van der Waals surface area contributed by atoms with Crippen molar-refractivity contribution in [2.75, 3.05) is 22.7 Å². The van der Waals surface area contributed by atoms with E-state index in [1.807, 2.05) is 0 Å². The van der Waals surface area contributed by atoms with Gasteiger partial charge in [-0.05, 0) is 79.1 Å². The maximum atomic E-state index is 13.3. The van der Waals surface area contributed by atoms with Gasteiger partial charge in [0.25, 0.3) is 20.0 Å². The Labute approximate surface area is 186 Å². The molecule has 0 atom stereocenters. The summed E-state index contributed by atoms with van der Waals surface area (Å²) >= 11 is 0. The van der Waals surface area contributed by atoms with Crippen LogP contribution in [0.5, 0.6) is 5.75 Å². The topological polar surface area (TPSA) is 92.8 Å². The first-order valence-electron chi connectivity index (χ1n) is 9.79. The molecule has 4 rings (SSSR count). The molecule has 0 bridgehead atoms. The second kappa shape index (κ2) is 8.44. The summed E-state index contributed by atoms with van der Waals surface area (Å²) in [7, 11) is -6.34. The maximum absolute atomic E-state index is 13.3. The van der Waals surface area contributed by atoms with Crippen LogP contribution in [0.3, 0.4) is 0 Å². The Morgan fingerprint density at radius 2 is 1.56 bits per heavy atom. The highest BCUT2D eigenvalue weighted by Crippen LogP contribution is 2.34. The molecule has 32 heavy (non-hydrogen) atoms. The van der Waals surface area contributed by atoms with Gasteiger partial charge in [0.15, 0.2) is 0 Å². The minimum Gasteiger partial charge on any atom is -0.497 e. The van der Waals surface area contributed by atoms with E-state index >= 15 is 0 Å². The molecule has 168 valence electrons. The van der Waals surface area contributed by atoms with Gasteiger partial charge in [-0.25, -0.2) is 21.2 Å². The van der Waals surface area contributed by atoms with Gasteiger partial charge in [0.05, 0.1) is 28.3 Å². The Hall–Kier alpha value is -3.11. The summed E-state index contributed by atoms with van der Waals surface area (Å²) < 4.78 is 74.0. The minimum atomic E-state index is -3.94. The summed E-state index contributed by atoms with van der Waals surface area (Å²) in [5, 5.41) is 0. The molecule has 0 unspecified atom stereocenters. The highest BCUT2D eigenvalue weighted by Gasteiger charge is 2.29. The average Bonchev–Trinajstić information content (AvgIpc) is 2.78. The highest BCUT2D eigenvalue weighted by molar-refractivity contribution is 7.93. The second-order valence-electron chi connectivity index (χ2n) is 7.26. The fourth-order valence-corrected chi connectivity index (χ4v) is 6.14. The fraction of sp³-hybridized carbons (Fsp3) is 0.182. The molecular formula is C22H21FN2O5S2. The van der Waals surface area contributed by atoms with Crippen LogP contribution < -0.4 is 13.8 Å². The Bertz CT molecular complexity index is 1340. The number of ether oxygens (including phenoxy) is 1. The van der Waals surface area contributed by atoms with E-state index in [0.717, 1.165) is 17.7 Å². The van der Waals surface area contributed by atoms with Gasteiger partial charge in [-0.2, -0.15) is 0 Å². The van der Waals surface area contributed by atoms with E-state index in [9.17, 15) is 21.2 Å². The quantitative estimate of drug-likeness (QED) is 0.585. The first-order valence-corrected chi connectivity index (χ1v) is 12.7. The molecule has 1 aliphatic rings. The SMILES string of the molecule is COc1ccc(S(=O)(=O)Nc2ccc3c(c2)N(S(=O)(=O)c2ccc(F)cc2)CCC3)cc1. The van der Waals surface area contributed by atoms with Crippen LogP contribution in [-0.2, 0) is 26.5 Å². The zero-order valence-electron chi connectivity index (χ0n) is 17.2. The standard InChI is InChI=1S/C22H21FN2O5S2/c1-30-19-8-12-20(13-9-19)31(26,27)24-18-7-4-16-3-2-14-25(22(16)15-18)32(28,29)21-10-5-17(23)6-11-21/h4-13,15,24H,2-3,14H2,1H3. The molecule has 1 heterocycles. The largest absolute Gasteiger partial charge is 0.497 e. The molecule has 0 aliphatic carbocycles. The molecule has 10 heteroatoms. The molecule has 0 fully saturated rings. The zero-order chi connectivity index (χ0) is 22.9. The van der Waals surface area contributed by atoms with Gasteiger partial charge in [0.1, 0.15) is 11.6 Å². The molecule has 0 amide bonds. The summed E-state index contributed by atoms with van der Waals surface area (Å²) in [4.78, 5) is 0.0165. The molecule has 1 aliphatic heterocycles. The van der Waals surface area contributed by atoms with Gasteiger partial charge in [-0.15, -0.1) is 0 Å². The zero-order valence-corrected chi connectivity index (χ0v) is 18.8. The number of nitrogens with zero attached hydrogens (tertiary/aromatic N) is 1. The number of halogens is 1. The predicted octanol–water partition coefficient (Wildman–Crippen LogP) is 3.78. The van der Waals surface area contributed by atoms with Crippen molar-refractivity contribution in [1.82, 2.24) is 0 Å². The molecule has 0 saturated heterocycles. The van der Waals surface area contributed by atoms with Crippen molar-refractivity contribution < 1.29 is 26.0 Å². The number of nitrogens with one attached hydrogen (secondary N) is 1. The van der Waals surface area contributed by atoms with Gasteiger partial charge >= 0.3 is 0 Å². The molecule has 3 aromatic carbocycles. The number of hydrogen-bond acceptors (Lipinski definition) is 5. The first kappa shape index (κ1) is 22.1. The van der Waals surface area contributed by atoms with Gasteiger partial charge in [0, 0.05) is 6.54 Å². The fourth-order valence-electron chi connectivity index (χ4n) is 3.56. The number of rotatable bonds is 6. The molecular weight excluding hydrogens is 455 g/mol. The van der Waals surface area contributed by atoms with Crippen LogP contribution in [0.1, 0.15) is 12.0 Å². The maximum Gasteiger partial charge on any atom is 0.264 e. The van der Waals surface area contributed by atoms with Crippen molar-refractivity contribution in [2.45, 2.75) is 22.6 Å². The molecule has 0 saturated carbocycles. The van der Waals surface area contributed by atoms with E-state index in [0.29, 0.717) is 24.3 Å². The number of methoxy groups -OCH3 is 1. The molecule has 0 radical (unpaired) electrons. The van der Waals surface area contributed by atoms with Crippen LogP contribution in [0.4, 0.5) is 15.8 Å². The van der Waals surface area contributed by atoms with Gasteiger partial charge in [-0.3, -0.25) is 9.03 Å². The minimum absolute atomic E-state index is 0.0315. The number of benzene rings is 3. The predicted molar refractivity (Wildman–Crippen MR) is 119 cm³/mol. The third kappa shape index (κ3) is 4.28. The first-order chi connectivity index (χ1) is 15.2. The second-order valence-corrected chi connectivity index (χ2v) is 10.8. The Balaban J connectivity index is 1.67. The van der Waals surface area contributed by atoms with Gasteiger partial charge < -0.3 is 4.74 Å². The lowest BCUT2D eigenvalue weighted by molar-refractivity contribution is 0.414. The van der Waals surface area contributed by atoms with Crippen molar-refractivity contribution in [3.8, 4) is 5.75 Å². The van der Waals surface area contributed by atoms with E-state index in [1.54, 1.807) is 24.3 Å². The van der Waals surface area contributed by atoms with E-state index in [4.69, 9.17) is 4.74 Å². The smallest absolute Gasteiger partial charge is 0.264 e. The summed E-state index contributed by atoms with van der Waals surface area (Å²) in [5.74, 6) is -0.00223. The number of sulfonamides is 2. The van der Waals surface area contributed by atoms with Crippen LogP contribution in [0.15, 0.2) is 76.5 Å². The van der Waals surface area contributed by atoms with Gasteiger partial charge in [0.2, 0.25) is 0 Å². The number of hydrogen-bond donors (Lipinski definition) is 1. The van der Waals surface area contributed by atoms with Crippen LogP contribution in [0.2, 0.25) is 0 Å². The Morgan fingerprint density at radius 3 is 2.22 bits per heavy atom. The third-order valence-corrected chi connectivity index (χ3v) is 8.41. The third-order valence-electron chi connectivity index (χ3n) is 5.18. The summed E-state index contributed by atoms with van der Waals surface area (Å²) in [6.07, 6.45) is 1.28. The van der Waals surface area contributed by atoms with E-state index in [-0.39, 0.29) is 22.0 Å². The molecule has 3 aromatic rings. The monoisotopic (exact) mass is 476 g/mol. The van der Waals surface area contributed by atoms with Crippen molar-refractivity contribution >= 4 is 31.4 Å². The Morgan fingerprint density at radius 1 is 0.906 bits per heavy atom. The summed E-state index contributed by atoms with van der Waals surface area (Å²) in [5.41, 5.74) is 1.42. The average molecular weight is 477 g/mol.